The summed E-state index contributed by atoms with van der Waals surface area (Å²) in [5.41, 5.74) is 1.77. The van der Waals surface area contributed by atoms with E-state index in [0.29, 0.717) is 21.2 Å². The van der Waals surface area contributed by atoms with Crippen molar-refractivity contribution in [2.75, 3.05) is 0 Å². The van der Waals surface area contributed by atoms with E-state index in [1.165, 1.54) is 11.3 Å². The van der Waals surface area contributed by atoms with Gasteiger partial charge in [-0.25, -0.2) is 4.98 Å². The van der Waals surface area contributed by atoms with Gasteiger partial charge in [0.2, 0.25) is 5.78 Å². The summed E-state index contributed by atoms with van der Waals surface area (Å²) in [6, 6.07) is 16.1. The summed E-state index contributed by atoms with van der Waals surface area (Å²) in [7, 11) is 0. The second-order valence-electron chi connectivity index (χ2n) is 5.51. The molecule has 0 unspecified atom stereocenters. The lowest BCUT2D eigenvalue weighted by Gasteiger charge is -2.07. The molecule has 0 saturated heterocycles. The molecule has 0 saturated carbocycles. The van der Waals surface area contributed by atoms with E-state index in [1.807, 2.05) is 30.3 Å². The van der Waals surface area contributed by atoms with E-state index in [1.54, 1.807) is 41.1 Å². The maximum absolute atomic E-state index is 13.0. The van der Waals surface area contributed by atoms with Crippen LogP contribution in [0.25, 0.3) is 15.4 Å². The minimum Gasteiger partial charge on any atom is -0.410 e. The van der Waals surface area contributed by atoms with Crippen molar-refractivity contribution < 1.29 is 10.0 Å². The molecule has 2 heterocycles. The molecule has 5 nitrogen and oxygen atoms in total. The molecule has 4 aromatic rings. The van der Waals surface area contributed by atoms with Crippen LogP contribution >= 0.6 is 22.9 Å². The third kappa shape index (κ3) is 2.79. The van der Waals surface area contributed by atoms with Gasteiger partial charge in [-0.05, 0) is 29.8 Å². The first kappa shape index (κ1) is 16.5. The Hall–Kier alpha value is -2.96. The summed E-state index contributed by atoms with van der Waals surface area (Å²) in [4.78, 5) is 18.8. The standard InChI is InChI=1S/C19H12ClN3O2S/c20-14-8-6-12(7-9-14)17(24)15(22-25)16-18(13-4-2-1-3-5-13)26-19-21-10-11-23(16)19/h1-11,25H. The average molecular weight is 382 g/mol. The van der Waals surface area contributed by atoms with Crippen molar-refractivity contribution in [3.8, 4) is 10.4 Å². The van der Waals surface area contributed by atoms with Crippen molar-refractivity contribution in [1.29, 1.82) is 0 Å². The second kappa shape index (κ2) is 6.74. The Labute approximate surface area is 157 Å². The van der Waals surface area contributed by atoms with Crippen molar-refractivity contribution in [2.24, 2.45) is 5.16 Å². The monoisotopic (exact) mass is 381 g/mol. The van der Waals surface area contributed by atoms with Crippen LogP contribution in [0.1, 0.15) is 16.1 Å². The van der Waals surface area contributed by atoms with E-state index in [0.717, 1.165) is 10.4 Å². The molecule has 26 heavy (non-hydrogen) atoms. The number of hydrogen-bond donors (Lipinski definition) is 1. The number of rotatable bonds is 4. The van der Waals surface area contributed by atoms with Gasteiger partial charge in [-0.2, -0.15) is 0 Å². The molecule has 128 valence electrons. The molecule has 2 aromatic heterocycles. The van der Waals surface area contributed by atoms with Gasteiger partial charge >= 0.3 is 0 Å². The number of ketones is 1. The average Bonchev–Trinajstić information content (AvgIpc) is 3.26. The Balaban J connectivity index is 1.90. The molecule has 7 heteroatoms. The zero-order valence-corrected chi connectivity index (χ0v) is 14.9. The number of carbonyl (C=O) groups excluding carboxylic acids is 1. The minimum absolute atomic E-state index is 0.0459. The van der Waals surface area contributed by atoms with Crippen LogP contribution in [0.4, 0.5) is 0 Å². The lowest BCUT2D eigenvalue weighted by Crippen LogP contribution is -2.18. The molecule has 0 aliphatic carbocycles. The molecule has 0 bridgehead atoms. The van der Waals surface area contributed by atoms with Crippen LogP contribution in [0.15, 0.2) is 72.1 Å². The summed E-state index contributed by atoms with van der Waals surface area (Å²) in [5.74, 6) is -0.394. The van der Waals surface area contributed by atoms with Gasteiger partial charge in [0.05, 0.1) is 10.6 Å². The van der Waals surface area contributed by atoms with Gasteiger partial charge in [0.15, 0.2) is 10.7 Å². The van der Waals surface area contributed by atoms with Crippen molar-refractivity contribution >= 4 is 39.4 Å². The summed E-state index contributed by atoms with van der Waals surface area (Å²) >= 11 is 7.33. The second-order valence-corrected chi connectivity index (χ2v) is 6.92. The third-order valence-electron chi connectivity index (χ3n) is 3.94. The molecule has 0 spiro atoms. The lowest BCUT2D eigenvalue weighted by atomic mass is 10.0. The Morgan fingerprint density at radius 2 is 1.85 bits per heavy atom. The van der Waals surface area contributed by atoms with Gasteiger partial charge in [0, 0.05) is 23.0 Å². The van der Waals surface area contributed by atoms with Crippen LogP contribution in [-0.2, 0) is 0 Å². The number of fused-ring (bicyclic) bond motifs is 1. The number of Topliss-reactive ketones (excluding diaryl/α,β-unsaturated/α-hetero) is 1. The predicted octanol–water partition coefficient (Wildman–Crippen LogP) is 4.78. The Morgan fingerprint density at radius 3 is 2.54 bits per heavy atom. The van der Waals surface area contributed by atoms with E-state index in [9.17, 15) is 10.0 Å². The minimum atomic E-state index is -0.394. The summed E-state index contributed by atoms with van der Waals surface area (Å²) in [6.07, 6.45) is 3.39. The highest BCUT2D eigenvalue weighted by Crippen LogP contribution is 2.33. The number of carbonyl (C=O) groups is 1. The van der Waals surface area contributed by atoms with Crippen molar-refractivity contribution in [1.82, 2.24) is 9.38 Å². The Morgan fingerprint density at radius 1 is 1.12 bits per heavy atom. The van der Waals surface area contributed by atoms with Gasteiger partial charge in [-0.15, -0.1) is 0 Å². The molecule has 0 aliphatic heterocycles. The van der Waals surface area contributed by atoms with Crippen LogP contribution in [0.3, 0.4) is 0 Å². The fourth-order valence-corrected chi connectivity index (χ4v) is 3.95. The molecule has 2 aromatic carbocycles. The number of hydrogen-bond acceptors (Lipinski definition) is 5. The van der Waals surface area contributed by atoms with Gasteiger partial charge in [0.25, 0.3) is 0 Å². The molecule has 4 rings (SSSR count). The third-order valence-corrected chi connectivity index (χ3v) is 5.31. The Kier molecular flexibility index (Phi) is 4.28. The van der Waals surface area contributed by atoms with Crippen LogP contribution in [0, 0.1) is 0 Å². The first-order valence-corrected chi connectivity index (χ1v) is 8.92. The topological polar surface area (TPSA) is 67.0 Å². The zero-order valence-electron chi connectivity index (χ0n) is 13.3. The largest absolute Gasteiger partial charge is 0.410 e. The molecule has 0 radical (unpaired) electrons. The number of benzene rings is 2. The van der Waals surface area contributed by atoms with Gasteiger partial charge < -0.3 is 5.21 Å². The maximum atomic E-state index is 13.0. The fourth-order valence-electron chi connectivity index (χ4n) is 2.73. The molecule has 0 amide bonds. The number of aromatic nitrogens is 2. The molecule has 1 N–H and O–H groups in total. The molecule has 0 fully saturated rings. The summed E-state index contributed by atoms with van der Waals surface area (Å²) in [5, 5.41) is 13.5. The molecular formula is C19H12ClN3O2S. The smallest absolute Gasteiger partial charge is 0.216 e. The number of imidazole rings is 1. The quantitative estimate of drug-likeness (QED) is 0.239. The SMILES string of the molecule is O=C(C(=NO)c1c(-c2ccccc2)sc2nccn12)c1ccc(Cl)cc1. The number of nitrogens with zero attached hydrogens (tertiary/aromatic N) is 3. The molecule has 0 atom stereocenters. The highest BCUT2D eigenvalue weighted by atomic mass is 35.5. The van der Waals surface area contributed by atoms with Crippen molar-refractivity contribution in [2.45, 2.75) is 0 Å². The van der Waals surface area contributed by atoms with Gasteiger partial charge in [-0.1, -0.05) is 58.4 Å². The normalized spacial score (nSPS) is 11.8. The van der Waals surface area contributed by atoms with Crippen molar-refractivity contribution in [3.05, 3.63) is 83.3 Å². The Bertz CT molecular complexity index is 1110. The predicted molar refractivity (Wildman–Crippen MR) is 103 cm³/mol. The first-order chi connectivity index (χ1) is 12.7. The van der Waals surface area contributed by atoms with Crippen LogP contribution in [0.2, 0.25) is 5.02 Å². The zero-order chi connectivity index (χ0) is 18.1. The van der Waals surface area contributed by atoms with E-state index in [-0.39, 0.29) is 5.71 Å². The van der Waals surface area contributed by atoms with Crippen LogP contribution in [0.5, 0.6) is 0 Å². The van der Waals surface area contributed by atoms with Crippen LogP contribution < -0.4 is 0 Å². The van der Waals surface area contributed by atoms with E-state index in [2.05, 4.69) is 10.1 Å². The summed E-state index contributed by atoms with van der Waals surface area (Å²) in [6.45, 7) is 0. The number of thiazole rings is 1. The van der Waals surface area contributed by atoms with Crippen molar-refractivity contribution in [3.63, 3.8) is 0 Å². The van der Waals surface area contributed by atoms with E-state index in [4.69, 9.17) is 11.6 Å². The highest BCUT2D eigenvalue weighted by molar-refractivity contribution is 7.20. The fraction of sp³-hybridized carbons (Fsp3) is 0. The maximum Gasteiger partial charge on any atom is 0.216 e. The highest BCUT2D eigenvalue weighted by Gasteiger charge is 2.26. The molecular weight excluding hydrogens is 370 g/mol. The lowest BCUT2D eigenvalue weighted by molar-refractivity contribution is 0.106. The van der Waals surface area contributed by atoms with E-state index < -0.39 is 5.78 Å². The number of halogens is 1. The van der Waals surface area contributed by atoms with Gasteiger partial charge in [-0.3, -0.25) is 9.20 Å². The molecule has 0 aliphatic rings. The summed E-state index contributed by atoms with van der Waals surface area (Å²) < 4.78 is 1.76. The number of oxime groups is 1. The first-order valence-electron chi connectivity index (χ1n) is 7.73. The van der Waals surface area contributed by atoms with E-state index >= 15 is 0 Å². The van der Waals surface area contributed by atoms with Gasteiger partial charge in [0.1, 0.15) is 0 Å². The van der Waals surface area contributed by atoms with Crippen LogP contribution in [-0.4, -0.2) is 26.1 Å².